The van der Waals surface area contributed by atoms with Crippen LogP contribution in [0.5, 0.6) is 0 Å². The molecule has 1 fully saturated rings. The van der Waals surface area contributed by atoms with Crippen molar-refractivity contribution in [3.05, 3.63) is 28.6 Å². The number of hydrogen-bond donors (Lipinski definition) is 1. The number of carbonyl (C=O) groups excluding carboxylic acids is 1. The number of nitrogens with zero attached hydrogens (tertiary/aromatic N) is 1. The Morgan fingerprint density at radius 2 is 2.00 bits per heavy atom. The zero-order valence-electron chi connectivity index (χ0n) is 12.7. The Bertz CT molecular complexity index is 609. The molecule has 128 valence electrons. The van der Waals surface area contributed by atoms with Gasteiger partial charge in [0.25, 0.3) is 6.43 Å². The van der Waals surface area contributed by atoms with E-state index in [-0.39, 0.29) is 25.1 Å². The molecule has 1 aliphatic rings. The zero-order valence-corrected chi connectivity index (χ0v) is 12.7. The second-order valence-electron chi connectivity index (χ2n) is 5.69. The van der Waals surface area contributed by atoms with Crippen molar-refractivity contribution in [3.63, 3.8) is 0 Å². The van der Waals surface area contributed by atoms with Gasteiger partial charge in [-0.05, 0) is 42.9 Å². The van der Waals surface area contributed by atoms with Gasteiger partial charge in [-0.1, -0.05) is 6.92 Å². The van der Waals surface area contributed by atoms with Gasteiger partial charge in [0.1, 0.15) is 11.1 Å². The Hall–Kier alpha value is -1.73. The fraction of sp³-hybridized carbons (Fsp3) is 0.600. The van der Waals surface area contributed by atoms with Crippen LogP contribution in [0, 0.1) is 12.3 Å². The number of alkyl halides is 5. The Labute approximate surface area is 130 Å². The third-order valence-electron chi connectivity index (χ3n) is 4.31. The van der Waals surface area contributed by atoms with Crippen molar-refractivity contribution in [2.45, 2.75) is 52.3 Å². The SMILES string of the molecule is CCc1c(CNC(=O)C2(C(F)(F)F)CC2)cnc(C(F)F)c1C. The fourth-order valence-electron chi connectivity index (χ4n) is 2.69. The predicted molar refractivity (Wildman–Crippen MR) is 72.9 cm³/mol. The Kier molecular flexibility index (Phi) is 4.64. The van der Waals surface area contributed by atoms with Crippen molar-refractivity contribution in [3.8, 4) is 0 Å². The van der Waals surface area contributed by atoms with Crippen LogP contribution < -0.4 is 5.32 Å². The summed E-state index contributed by atoms with van der Waals surface area (Å²) < 4.78 is 64.3. The van der Waals surface area contributed by atoms with E-state index in [0.717, 1.165) is 0 Å². The van der Waals surface area contributed by atoms with Crippen LogP contribution in [0.25, 0.3) is 0 Å². The van der Waals surface area contributed by atoms with Crippen LogP contribution >= 0.6 is 0 Å². The van der Waals surface area contributed by atoms with Gasteiger partial charge in [-0.15, -0.1) is 0 Å². The summed E-state index contributed by atoms with van der Waals surface area (Å²) in [6.45, 7) is 3.09. The van der Waals surface area contributed by atoms with Crippen LogP contribution in [0.2, 0.25) is 0 Å². The molecule has 1 aromatic rings. The van der Waals surface area contributed by atoms with Crippen LogP contribution in [-0.2, 0) is 17.8 Å². The van der Waals surface area contributed by atoms with Gasteiger partial charge in [-0.3, -0.25) is 9.78 Å². The highest BCUT2D eigenvalue weighted by Crippen LogP contribution is 2.57. The van der Waals surface area contributed by atoms with Crippen LogP contribution in [-0.4, -0.2) is 17.1 Å². The number of amides is 1. The number of halogens is 5. The van der Waals surface area contributed by atoms with E-state index in [2.05, 4.69) is 10.3 Å². The maximum Gasteiger partial charge on any atom is 0.403 e. The topological polar surface area (TPSA) is 42.0 Å². The number of aromatic nitrogens is 1. The zero-order chi connectivity index (χ0) is 17.4. The van der Waals surface area contributed by atoms with Crippen LogP contribution in [0.3, 0.4) is 0 Å². The third kappa shape index (κ3) is 3.16. The first-order valence-electron chi connectivity index (χ1n) is 7.24. The highest BCUT2D eigenvalue weighted by molar-refractivity contribution is 5.86. The lowest BCUT2D eigenvalue weighted by Crippen LogP contribution is -2.41. The molecule has 0 radical (unpaired) electrons. The van der Waals surface area contributed by atoms with Crippen LogP contribution in [0.1, 0.15) is 48.6 Å². The molecule has 0 atom stereocenters. The first kappa shape index (κ1) is 17.6. The molecule has 1 aromatic heterocycles. The highest BCUT2D eigenvalue weighted by atomic mass is 19.4. The molecule has 2 rings (SSSR count). The second-order valence-corrected chi connectivity index (χ2v) is 5.69. The summed E-state index contributed by atoms with van der Waals surface area (Å²) in [4.78, 5) is 15.5. The maximum atomic E-state index is 12.9. The predicted octanol–water partition coefficient (Wildman–Crippen LogP) is 3.85. The minimum Gasteiger partial charge on any atom is -0.351 e. The van der Waals surface area contributed by atoms with Crippen LogP contribution in [0.15, 0.2) is 6.20 Å². The van der Waals surface area contributed by atoms with Gasteiger partial charge in [0.2, 0.25) is 5.91 Å². The summed E-state index contributed by atoms with van der Waals surface area (Å²) in [5.74, 6) is -1.07. The molecular weight excluding hydrogens is 319 g/mol. The molecule has 0 saturated heterocycles. The van der Waals surface area contributed by atoms with Gasteiger partial charge < -0.3 is 5.32 Å². The normalized spacial score (nSPS) is 16.5. The summed E-state index contributed by atoms with van der Waals surface area (Å²) in [5, 5.41) is 2.27. The first-order chi connectivity index (χ1) is 10.6. The van der Waals surface area contributed by atoms with Gasteiger partial charge in [0.05, 0.1) is 0 Å². The summed E-state index contributed by atoms with van der Waals surface area (Å²) in [7, 11) is 0. The quantitative estimate of drug-likeness (QED) is 0.830. The van der Waals surface area contributed by atoms with Crippen molar-refractivity contribution in [2.24, 2.45) is 5.41 Å². The van der Waals surface area contributed by atoms with Gasteiger partial charge in [-0.25, -0.2) is 8.78 Å². The van der Waals surface area contributed by atoms with Gasteiger partial charge in [0, 0.05) is 12.7 Å². The Morgan fingerprint density at radius 3 is 2.43 bits per heavy atom. The first-order valence-corrected chi connectivity index (χ1v) is 7.24. The summed E-state index contributed by atoms with van der Waals surface area (Å²) in [6.07, 6.45) is -6.11. The Balaban J connectivity index is 2.16. The van der Waals surface area contributed by atoms with Gasteiger partial charge in [-0.2, -0.15) is 13.2 Å². The molecule has 1 saturated carbocycles. The van der Waals surface area contributed by atoms with Crippen molar-refractivity contribution in [1.29, 1.82) is 0 Å². The van der Waals surface area contributed by atoms with E-state index in [0.29, 0.717) is 23.1 Å². The number of pyridine rings is 1. The molecule has 3 nitrogen and oxygen atoms in total. The molecule has 0 unspecified atom stereocenters. The fourth-order valence-corrected chi connectivity index (χ4v) is 2.69. The van der Waals surface area contributed by atoms with E-state index in [1.165, 1.54) is 13.1 Å². The summed E-state index contributed by atoms with van der Waals surface area (Å²) in [5.41, 5.74) is -1.28. The number of hydrogen-bond acceptors (Lipinski definition) is 2. The average Bonchev–Trinajstić information content (AvgIpc) is 3.25. The maximum absolute atomic E-state index is 12.9. The standard InChI is InChI=1S/C15H17F5N2O/c1-3-10-8(2)11(12(16)17)21-6-9(10)7-22-13(23)14(4-5-14)15(18,19)20/h6,12H,3-5,7H2,1-2H3,(H,22,23). The number of rotatable bonds is 5. The van der Waals surface area contributed by atoms with Crippen molar-refractivity contribution in [2.75, 3.05) is 0 Å². The van der Waals surface area contributed by atoms with E-state index in [1.54, 1.807) is 6.92 Å². The highest BCUT2D eigenvalue weighted by Gasteiger charge is 2.68. The van der Waals surface area contributed by atoms with Gasteiger partial charge in [0.15, 0.2) is 0 Å². The molecule has 1 heterocycles. The molecule has 0 aromatic carbocycles. The van der Waals surface area contributed by atoms with E-state index < -0.39 is 23.9 Å². The lowest BCUT2D eigenvalue weighted by atomic mass is 9.99. The Morgan fingerprint density at radius 1 is 1.39 bits per heavy atom. The summed E-state index contributed by atoms with van der Waals surface area (Å²) >= 11 is 0. The minimum absolute atomic E-state index is 0.156. The van der Waals surface area contributed by atoms with E-state index in [1.807, 2.05) is 0 Å². The largest absolute Gasteiger partial charge is 0.403 e. The molecule has 8 heteroatoms. The van der Waals surface area contributed by atoms with Gasteiger partial charge >= 0.3 is 6.18 Å². The van der Waals surface area contributed by atoms with E-state index in [4.69, 9.17) is 0 Å². The molecule has 0 bridgehead atoms. The van der Waals surface area contributed by atoms with E-state index in [9.17, 15) is 26.7 Å². The molecule has 1 N–H and O–H groups in total. The molecular formula is C15H17F5N2O. The second kappa shape index (κ2) is 6.05. The van der Waals surface area contributed by atoms with Crippen molar-refractivity contribution < 1.29 is 26.7 Å². The van der Waals surface area contributed by atoms with E-state index >= 15 is 0 Å². The monoisotopic (exact) mass is 336 g/mol. The molecule has 0 spiro atoms. The minimum atomic E-state index is -4.57. The smallest absolute Gasteiger partial charge is 0.351 e. The van der Waals surface area contributed by atoms with Crippen LogP contribution in [0.4, 0.5) is 22.0 Å². The third-order valence-corrected chi connectivity index (χ3v) is 4.31. The summed E-state index contributed by atoms with van der Waals surface area (Å²) in [6, 6.07) is 0. The lowest BCUT2D eigenvalue weighted by molar-refractivity contribution is -0.192. The van der Waals surface area contributed by atoms with Crippen molar-refractivity contribution >= 4 is 5.91 Å². The van der Waals surface area contributed by atoms with Crippen molar-refractivity contribution in [1.82, 2.24) is 10.3 Å². The molecule has 23 heavy (non-hydrogen) atoms. The molecule has 1 amide bonds. The number of carbonyl (C=O) groups is 1. The molecule has 1 aliphatic carbocycles. The lowest BCUT2D eigenvalue weighted by Gasteiger charge is -2.20. The number of nitrogens with one attached hydrogen (secondary N) is 1. The molecule has 0 aliphatic heterocycles. The average molecular weight is 336 g/mol.